The molecular weight excluding hydrogens is 463 g/mol. The third-order valence-corrected chi connectivity index (χ3v) is 5.76. The molecule has 4 rings (SSSR count). The van der Waals surface area contributed by atoms with Gasteiger partial charge in [0.05, 0.1) is 34.6 Å². The van der Waals surface area contributed by atoms with Gasteiger partial charge in [-0.15, -0.1) is 0 Å². The largest absolute Gasteiger partial charge is 0.416 e. The Balaban J connectivity index is 1.77. The van der Waals surface area contributed by atoms with Crippen molar-refractivity contribution in [3.05, 3.63) is 57.9 Å². The van der Waals surface area contributed by atoms with Gasteiger partial charge < -0.3 is 25.3 Å². The van der Waals surface area contributed by atoms with Crippen molar-refractivity contribution in [3.63, 3.8) is 0 Å². The van der Waals surface area contributed by atoms with Crippen LogP contribution in [0.3, 0.4) is 0 Å². The van der Waals surface area contributed by atoms with Crippen molar-refractivity contribution in [3.8, 4) is 11.4 Å². The molecule has 35 heavy (non-hydrogen) atoms. The summed E-state index contributed by atoms with van der Waals surface area (Å²) in [5, 5.41) is 0.523. The molecule has 1 amide bonds. The van der Waals surface area contributed by atoms with E-state index in [2.05, 4.69) is 15.0 Å². The lowest BCUT2D eigenvalue weighted by atomic mass is 10.1. The first-order valence-corrected chi connectivity index (χ1v) is 10.8. The van der Waals surface area contributed by atoms with E-state index in [0.717, 1.165) is 12.1 Å². The van der Waals surface area contributed by atoms with Crippen molar-refractivity contribution in [1.29, 1.82) is 0 Å². The number of alkyl halides is 3. The Kier molecular flexibility index (Phi) is 6.28. The van der Waals surface area contributed by atoms with Crippen LogP contribution in [-0.4, -0.2) is 52.1 Å². The van der Waals surface area contributed by atoms with E-state index in [1.54, 1.807) is 30.2 Å². The summed E-state index contributed by atoms with van der Waals surface area (Å²) in [6.45, 7) is 4.63. The number of benzene rings is 2. The zero-order chi connectivity index (χ0) is 25.5. The first-order chi connectivity index (χ1) is 16.5. The van der Waals surface area contributed by atoms with Crippen molar-refractivity contribution in [1.82, 2.24) is 19.9 Å². The number of rotatable bonds is 6. The Bertz CT molecular complexity index is 1470. The quantitative estimate of drug-likeness (QED) is 0.377. The zero-order valence-corrected chi connectivity index (χ0v) is 19.3. The molecule has 2 heterocycles. The molecule has 0 aliphatic carbocycles. The van der Waals surface area contributed by atoms with Gasteiger partial charge in [-0.2, -0.15) is 13.2 Å². The van der Waals surface area contributed by atoms with E-state index < -0.39 is 17.3 Å². The number of nitrogens with one attached hydrogen (secondary N) is 2. The Labute approximate surface area is 197 Å². The molecular formula is C24H24F3N5O3. The first-order valence-electron chi connectivity index (χ1n) is 10.8. The highest BCUT2D eigenvalue weighted by atomic mass is 19.4. The fraction of sp³-hybridized carbons (Fsp3) is 0.292. The lowest BCUT2D eigenvalue weighted by Gasteiger charge is -2.26. The van der Waals surface area contributed by atoms with Gasteiger partial charge in [-0.05, 0) is 50.2 Å². The number of ether oxygens (including phenoxy) is 1. The number of H-pyrrole nitrogens is 2. The van der Waals surface area contributed by atoms with Gasteiger partial charge in [0.2, 0.25) is 0 Å². The number of aromatic amines is 2. The van der Waals surface area contributed by atoms with Gasteiger partial charge in [0.15, 0.2) is 5.69 Å². The number of fused-ring (bicyclic) bond motifs is 2. The van der Waals surface area contributed by atoms with Crippen LogP contribution in [-0.2, 0) is 10.9 Å². The van der Waals surface area contributed by atoms with E-state index in [9.17, 15) is 22.8 Å². The van der Waals surface area contributed by atoms with Crippen molar-refractivity contribution in [2.75, 3.05) is 26.0 Å². The zero-order valence-electron chi connectivity index (χ0n) is 19.3. The lowest BCUT2D eigenvalue weighted by Crippen LogP contribution is -2.39. The summed E-state index contributed by atoms with van der Waals surface area (Å²) < 4.78 is 44.1. The Morgan fingerprint density at radius 2 is 1.89 bits per heavy atom. The van der Waals surface area contributed by atoms with Crippen LogP contribution in [0.25, 0.3) is 33.3 Å². The number of methoxy groups -OCH3 is 1. The van der Waals surface area contributed by atoms with Crippen LogP contribution in [0.15, 0.2) is 41.2 Å². The number of halogens is 3. The van der Waals surface area contributed by atoms with Crippen LogP contribution in [0.5, 0.6) is 0 Å². The molecule has 0 spiro atoms. The minimum atomic E-state index is -4.55. The van der Waals surface area contributed by atoms with Crippen LogP contribution in [0.4, 0.5) is 18.9 Å². The molecule has 2 aromatic carbocycles. The van der Waals surface area contributed by atoms with Gasteiger partial charge in [0.25, 0.3) is 11.5 Å². The molecule has 184 valence electrons. The first kappa shape index (κ1) is 24.3. The highest BCUT2D eigenvalue weighted by Crippen LogP contribution is 2.33. The highest BCUT2D eigenvalue weighted by molar-refractivity contribution is 6.04. The molecule has 0 saturated carbocycles. The number of nitrogens with two attached hydrogens (primary N) is 1. The van der Waals surface area contributed by atoms with Gasteiger partial charge in [-0.1, -0.05) is 0 Å². The predicted octanol–water partition coefficient (Wildman–Crippen LogP) is 4.17. The van der Waals surface area contributed by atoms with Crippen LogP contribution in [0.2, 0.25) is 0 Å². The molecule has 2 aromatic heterocycles. The van der Waals surface area contributed by atoms with E-state index in [4.69, 9.17) is 10.5 Å². The summed E-state index contributed by atoms with van der Waals surface area (Å²) in [7, 11) is 1.56. The number of anilines is 1. The molecule has 0 aliphatic heterocycles. The maximum Gasteiger partial charge on any atom is 0.416 e. The topological polar surface area (TPSA) is 117 Å². The fourth-order valence-electron chi connectivity index (χ4n) is 3.91. The minimum Gasteiger partial charge on any atom is -0.396 e. The average molecular weight is 487 g/mol. The number of hydrogen-bond acceptors (Lipinski definition) is 5. The Morgan fingerprint density at radius 3 is 2.54 bits per heavy atom. The van der Waals surface area contributed by atoms with Crippen LogP contribution in [0, 0.1) is 0 Å². The second-order valence-electron chi connectivity index (χ2n) is 8.40. The van der Waals surface area contributed by atoms with Crippen LogP contribution < -0.4 is 11.3 Å². The number of aromatic nitrogens is 3. The molecule has 0 aliphatic rings. The highest BCUT2D eigenvalue weighted by Gasteiger charge is 2.31. The van der Waals surface area contributed by atoms with Crippen molar-refractivity contribution >= 4 is 33.5 Å². The molecule has 11 heteroatoms. The molecule has 0 unspecified atom stereocenters. The number of hydrogen-bond donors (Lipinski definition) is 3. The maximum atomic E-state index is 13.1. The molecule has 0 saturated heterocycles. The number of amides is 1. The fourth-order valence-corrected chi connectivity index (χ4v) is 3.91. The third-order valence-electron chi connectivity index (χ3n) is 5.76. The second-order valence-corrected chi connectivity index (χ2v) is 8.40. The van der Waals surface area contributed by atoms with Gasteiger partial charge >= 0.3 is 6.18 Å². The van der Waals surface area contributed by atoms with Gasteiger partial charge in [0, 0.05) is 36.2 Å². The Morgan fingerprint density at radius 1 is 1.14 bits per heavy atom. The molecule has 0 bridgehead atoms. The van der Waals surface area contributed by atoms with Crippen LogP contribution >= 0.6 is 0 Å². The van der Waals surface area contributed by atoms with Gasteiger partial charge in [0.1, 0.15) is 0 Å². The van der Waals surface area contributed by atoms with E-state index in [-0.39, 0.29) is 40.1 Å². The molecule has 0 atom stereocenters. The van der Waals surface area contributed by atoms with Crippen molar-refractivity contribution in [2.45, 2.75) is 26.1 Å². The number of carbonyl (C=O) groups is 1. The summed E-state index contributed by atoms with van der Waals surface area (Å²) in [5.41, 5.74) is 6.22. The number of carbonyl (C=O) groups excluding carboxylic acids is 1. The minimum absolute atomic E-state index is 0.0408. The summed E-state index contributed by atoms with van der Waals surface area (Å²) >= 11 is 0. The predicted molar refractivity (Wildman–Crippen MR) is 127 cm³/mol. The average Bonchev–Trinajstić information content (AvgIpc) is 3.13. The lowest BCUT2D eigenvalue weighted by molar-refractivity contribution is -0.137. The molecule has 4 N–H and O–H groups in total. The molecule has 0 fully saturated rings. The van der Waals surface area contributed by atoms with Crippen molar-refractivity contribution < 1.29 is 22.7 Å². The standard InChI is InChI=1S/C24H24F3N5O3/c1-12(2)32(8-9-35-3)23(34)13-4-6-16-15(10-13)19(28)20(29-16)21-22(33)31-18-11-14(24(25,26)27)5-7-17(18)30-21/h4-7,10-12,29H,8-9,28H2,1-3H3,(H,31,33). The second kappa shape index (κ2) is 9.06. The van der Waals surface area contributed by atoms with E-state index >= 15 is 0 Å². The Hall–Kier alpha value is -3.86. The molecule has 4 aromatic rings. The molecule has 8 nitrogen and oxygen atoms in total. The number of nitrogens with zero attached hydrogens (tertiary/aromatic N) is 2. The summed E-state index contributed by atoms with van der Waals surface area (Å²) in [5.74, 6) is -0.191. The van der Waals surface area contributed by atoms with E-state index in [1.807, 2.05) is 13.8 Å². The van der Waals surface area contributed by atoms with E-state index in [1.165, 1.54) is 6.07 Å². The third kappa shape index (κ3) is 4.59. The monoisotopic (exact) mass is 487 g/mol. The smallest absolute Gasteiger partial charge is 0.396 e. The van der Waals surface area contributed by atoms with Gasteiger partial charge in [-0.25, -0.2) is 4.98 Å². The maximum absolute atomic E-state index is 13.1. The van der Waals surface area contributed by atoms with Crippen molar-refractivity contribution in [2.24, 2.45) is 0 Å². The summed E-state index contributed by atoms with van der Waals surface area (Å²) in [6.07, 6.45) is -4.55. The number of nitrogen functional groups attached to an aromatic ring is 1. The normalized spacial score (nSPS) is 12.1. The summed E-state index contributed by atoms with van der Waals surface area (Å²) in [4.78, 5) is 37.2. The SMILES string of the molecule is COCCN(C(=O)c1ccc2[nH]c(-c3nc4ccc(C(F)(F)F)cc4[nH]c3=O)c(N)c2c1)C(C)C. The van der Waals surface area contributed by atoms with Crippen LogP contribution in [0.1, 0.15) is 29.8 Å². The molecule has 0 radical (unpaired) electrons. The van der Waals surface area contributed by atoms with E-state index in [0.29, 0.717) is 29.6 Å². The summed E-state index contributed by atoms with van der Waals surface area (Å²) in [6, 6.07) is 7.85. The van der Waals surface area contributed by atoms with Gasteiger partial charge in [-0.3, -0.25) is 9.59 Å².